The van der Waals surface area contributed by atoms with Crippen LogP contribution in [0, 0.1) is 0 Å². The molecule has 3 heterocycles. The molecule has 0 radical (unpaired) electrons. The third-order valence-electron chi connectivity index (χ3n) is 3.41. The number of nitrogens with zero attached hydrogens (tertiary/aromatic N) is 6. The summed E-state index contributed by atoms with van der Waals surface area (Å²) in [6.45, 7) is 6.65. The fourth-order valence-corrected chi connectivity index (χ4v) is 2.45. The zero-order valence-electron chi connectivity index (χ0n) is 11.1. The van der Waals surface area contributed by atoms with Crippen molar-refractivity contribution in [1.29, 1.82) is 0 Å². The van der Waals surface area contributed by atoms with Gasteiger partial charge in [-0.15, -0.1) is 10.2 Å². The molecule has 0 spiro atoms. The number of fused-ring (bicyclic) bond motifs is 1. The molecule has 0 aliphatic carbocycles. The van der Waals surface area contributed by atoms with Crippen LogP contribution in [0.4, 0.5) is 11.6 Å². The molecule has 3 rings (SSSR count). The maximum Gasteiger partial charge on any atom is 0.152 e. The van der Waals surface area contributed by atoms with Crippen LogP contribution >= 0.6 is 0 Å². The molecule has 0 fully saturated rings. The summed E-state index contributed by atoms with van der Waals surface area (Å²) in [6.07, 6.45) is 3.29. The number of hydrogen-bond donors (Lipinski definition) is 1. The number of rotatable bonds is 2. The third kappa shape index (κ3) is 2.00. The molecule has 7 nitrogen and oxygen atoms in total. The molecular formula is C12H17N7. The lowest BCUT2D eigenvalue weighted by molar-refractivity contribution is 0.553. The van der Waals surface area contributed by atoms with Crippen molar-refractivity contribution in [3.63, 3.8) is 0 Å². The highest BCUT2D eigenvalue weighted by atomic mass is 15.3. The molecule has 0 atom stereocenters. The van der Waals surface area contributed by atoms with Crippen LogP contribution < -0.4 is 10.6 Å². The quantitative estimate of drug-likeness (QED) is 0.858. The Bertz CT molecular complexity index is 590. The summed E-state index contributed by atoms with van der Waals surface area (Å²) < 4.78 is 2.07. The van der Waals surface area contributed by atoms with Crippen molar-refractivity contribution in [2.24, 2.45) is 0 Å². The lowest BCUT2D eigenvalue weighted by Crippen LogP contribution is -2.35. The first-order valence-electron chi connectivity index (χ1n) is 6.39. The number of nitrogen functional groups attached to an aromatic ring is 1. The summed E-state index contributed by atoms with van der Waals surface area (Å²) in [5.41, 5.74) is 7.00. The van der Waals surface area contributed by atoms with E-state index in [1.54, 1.807) is 6.33 Å². The molecule has 19 heavy (non-hydrogen) atoms. The standard InChI is InChI=1S/C12H17N7/c1-8(2)10-11(13)14-6-15-12(10)18-3-4-19-7-16-17-9(19)5-18/h6-8H,3-5H2,1-2H3,(H2,13,14,15). The zero-order valence-corrected chi connectivity index (χ0v) is 11.1. The summed E-state index contributed by atoms with van der Waals surface area (Å²) >= 11 is 0. The Balaban J connectivity index is 1.98. The van der Waals surface area contributed by atoms with Crippen LogP contribution in [0.1, 0.15) is 31.2 Å². The lowest BCUT2D eigenvalue weighted by Gasteiger charge is -2.30. The van der Waals surface area contributed by atoms with Gasteiger partial charge in [-0.25, -0.2) is 9.97 Å². The Kier molecular flexibility index (Phi) is 2.81. The van der Waals surface area contributed by atoms with E-state index in [4.69, 9.17) is 5.73 Å². The molecule has 0 unspecified atom stereocenters. The van der Waals surface area contributed by atoms with E-state index in [0.29, 0.717) is 12.4 Å². The first-order valence-corrected chi connectivity index (χ1v) is 6.39. The minimum Gasteiger partial charge on any atom is -0.383 e. The summed E-state index contributed by atoms with van der Waals surface area (Å²) in [5, 5.41) is 8.06. The van der Waals surface area contributed by atoms with Crippen molar-refractivity contribution in [1.82, 2.24) is 24.7 Å². The van der Waals surface area contributed by atoms with E-state index < -0.39 is 0 Å². The third-order valence-corrected chi connectivity index (χ3v) is 3.41. The molecular weight excluding hydrogens is 242 g/mol. The van der Waals surface area contributed by atoms with Gasteiger partial charge in [0.1, 0.15) is 24.3 Å². The summed E-state index contributed by atoms with van der Waals surface area (Å²) in [5.74, 6) is 2.72. The van der Waals surface area contributed by atoms with E-state index in [1.165, 1.54) is 6.33 Å². The van der Waals surface area contributed by atoms with Crippen LogP contribution in [0.3, 0.4) is 0 Å². The van der Waals surface area contributed by atoms with Gasteiger partial charge >= 0.3 is 0 Å². The van der Waals surface area contributed by atoms with Gasteiger partial charge in [-0.05, 0) is 5.92 Å². The number of anilines is 2. The van der Waals surface area contributed by atoms with Gasteiger partial charge in [-0.3, -0.25) is 0 Å². The van der Waals surface area contributed by atoms with Gasteiger partial charge in [0, 0.05) is 18.7 Å². The fraction of sp³-hybridized carbons (Fsp3) is 0.500. The smallest absolute Gasteiger partial charge is 0.152 e. The van der Waals surface area contributed by atoms with Gasteiger partial charge in [-0.2, -0.15) is 0 Å². The molecule has 0 bridgehead atoms. The van der Waals surface area contributed by atoms with Crippen molar-refractivity contribution in [3.8, 4) is 0 Å². The van der Waals surface area contributed by atoms with Gasteiger partial charge in [0.2, 0.25) is 0 Å². The van der Waals surface area contributed by atoms with Crippen molar-refractivity contribution >= 4 is 11.6 Å². The first kappa shape index (κ1) is 11.9. The molecule has 0 aromatic carbocycles. The van der Waals surface area contributed by atoms with Gasteiger partial charge in [-0.1, -0.05) is 13.8 Å². The van der Waals surface area contributed by atoms with Crippen LogP contribution in [0.2, 0.25) is 0 Å². The van der Waals surface area contributed by atoms with Crippen LogP contribution in [0.5, 0.6) is 0 Å². The molecule has 0 saturated heterocycles. The zero-order chi connectivity index (χ0) is 13.4. The van der Waals surface area contributed by atoms with E-state index in [0.717, 1.165) is 30.3 Å². The Morgan fingerprint density at radius 1 is 1.26 bits per heavy atom. The van der Waals surface area contributed by atoms with Crippen molar-refractivity contribution < 1.29 is 0 Å². The second-order valence-corrected chi connectivity index (χ2v) is 5.01. The molecule has 7 heteroatoms. The predicted molar refractivity (Wildman–Crippen MR) is 71.6 cm³/mol. The lowest BCUT2D eigenvalue weighted by atomic mass is 10.0. The average molecular weight is 259 g/mol. The fourth-order valence-electron chi connectivity index (χ4n) is 2.45. The first-order chi connectivity index (χ1) is 9.16. The maximum atomic E-state index is 5.99. The molecule has 1 aliphatic heterocycles. The van der Waals surface area contributed by atoms with Crippen LogP contribution in [-0.2, 0) is 13.1 Å². The highest BCUT2D eigenvalue weighted by molar-refractivity contribution is 5.58. The molecule has 0 amide bonds. The molecule has 2 N–H and O–H groups in total. The van der Waals surface area contributed by atoms with Crippen molar-refractivity contribution in [3.05, 3.63) is 24.0 Å². The van der Waals surface area contributed by atoms with Crippen LogP contribution in [-0.4, -0.2) is 31.3 Å². The SMILES string of the molecule is CC(C)c1c(N)ncnc1N1CCn2cnnc2C1. The predicted octanol–water partition coefficient (Wildman–Crippen LogP) is 0.794. The van der Waals surface area contributed by atoms with Gasteiger partial charge in [0.05, 0.1) is 6.54 Å². The normalized spacial score (nSPS) is 14.8. The van der Waals surface area contributed by atoms with Crippen molar-refractivity contribution in [2.45, 2.75) is 32.9 Å². The molecule has 1 aliphatic rings. The largest absolute Gasteiger partial charge is 0.383 e. The van der Waals surface area contributed by atoms with Gasteiger partial charge in [0.15, 0.2) is 5.82 Å². The summed E-state index contributed by atoms with van der Waals surface area (Å²) in [4.78, 5) is 10.7. The van der Waals surface area contributed by atoms with E-state index in [9.17, 15) is 0 Å². The molecule has 2 aromatic heterocycles. The van der Waals surface area contributed by atoms with Crippen LogP contribution in [0.15, 0.2) is 12.7 Å². The van der Waals surface area contributed by atoms with Gasteiger partial charge < -0.3 is 15.2 Å². The van der Waals surface area contributed by atoms with Gasteiger partial charge in [0.25, 0.3) is 0 Å². The minimum atomic E-state index is 0.288. The monoisotopic (exact) mass is 259 g/mol. The van der Waals surface area contributed by atoms with E-state index >= 15 is 0 Å². The molecule has 2 aromatic rings. The second kappa shape index (κ2) is 4.49. The topological polar surface area (TPSA) is 85.8 Å². The second-order valence-electron chi connectivity index (χ2n) is 5.01. The maximum absolute atomic E-state index is 5.99. The summed E-state index contributed by atoms with van der Waals surface area (Å²) in [7, 11) is 0. The average Bonchev–Trinajstić information content (AvgIpc) is 2.85. The number of aromatic nitrogens is 5. The Labute approximate surface area is 111 Å². The number of hydrogen-bond acceptors (Lipinski definition) is 6. The molecule has 100 valence electrons. The highest BCUT2D eigenvalue weighted by Crippen LogP contribution is 2.30. The van der Waals surface area contributed by atoms with E-state index in [-0.39, 0.29) is 5.92 Å². The Morgan fingerprint density at radius 3 is 2.89 bits per heavy atom. The summed E-state index contributed by atoms with van der Waals surface area (Å²) in [6, 6.07) is 0. The molecule has 0 saturated carbocycles. The minimum absolute atomic E-state index is 0.288. The van der Waals surface area contributed by atoms with E-state index in [2.05, 4.69) is 43.5 Å². The Morgan fingerprint density at radius 2 is 2.11 bits per heavy atom. The van der Waals surface area contributed by atoms with Crippen LogP contribution in [0.25, 0.3) is 0 Å². The Hall–Kier alpha value is -2.18. The highest BCUT2D eigenvalue weighted by Gasteiger charge is 2.23. The number of nitrogens with two attached hydrogens (primary N) is 1. The van der Waals surface area contributed by atoms with E-state index in [1.807, 2.05) is 0 Å². The van der Waals surface area contributed by atoms with Crippen molar-refractivity contribution in [2.75, 3.05) is 17.2 Å².